The molecule has 2 unspecified atom stereocenters. The number of rotatable bonds is 5. The Hall–Kier alpha value is -2.15. The third-order valence-corrected chi connectivity index (χ3v) is 3.85. The Morgan fingerprint density at radius 3 is 2.90 bits per heavy atom. The average molecular weight is 294 g/mol. The summed E-state index contributed by atoms with van der Waals surface area (Å²) in [6.07, 6.45) is 2.68. The highest BCUT2D eigenvalue weighted by atomic mass is 16.6. The summed E-state index contributed by atoms with van der Waals surface area (Å²) in [5.41, 5.74) is 0.129. The minimum Gasteiger partial charge on any atom is -0.496 e. The number of amides is 1. The second kappa shape index (κ2) is 6.53. The zero-order valence-electron chi connectivity index (χ0n) is 11.7. The number of non-ortho nitro benzene ring substituents is 1. The van der Waals surface area contributed by atoms with Crippen molar-refractivity contribution in [3.63, 3.8) is 0 Å². The van der Waals surface area contributed by atoms with E-state index in [4.69, 9.17) is 4.74 Å². The van der Waals surface area contributed by atoms with Gasteiger partial charge in [0.25, 0.3) is 11.6 Å². The molecular weight excluding hydrogens is 276 g/mol. The quantitative estimate of drug-likeness (QED) is 0.633. The van der Waals surface area contributed by atoms with Crippen molar-refractivity contribution >= 4 is 11.6 Å². The van der Waals surface area contributed by atoms with Gasteiger partial charge in [0.2, 0.25) is 0 Å². The zero-order valence-corrected chi connectivity index (χ0v) is 11.7. The summed E-state index contributed by atoms with van der Waals surface area (Å²) in [6, 6.07) is 3.82. The van der Waals surface area contributed by atoms with E-state index in [-0.39, 0.29) is 41.5 Å². The summed E-state index contributed by atoms with van der Waals surface area (Å²) in [6.45, 7) is 0.0440. The van der Waals surface area contributed by atoms with Gasteiger partial charge >= 0.3 is 0 Å². The van der Waals surface area contributed by atoms with Crippen LogP contribution < -0.4 is 10.1 Å². The second-order valence-electron chi connectivity index (χ2n) is 5.10. The molecule has 21 heavy (non-hydrogen) atoms. The molecule has 1 fully saturated rings. The lowest BCUT2D eigenvalue weighted by atomic mass is 10.0. The lowest BCUT2D eigenvalue weighted by Crippen LogP contribution is -2.38. The summed E-state index contributed by atoms with van der Waals surface area (Å²) < 4.78 is 5.06. The van der Waals surface area contributed by atoms with E-state index in [1.165, 1.54) is 25.3 Å². The number of aliphatic hydroxyl groups is 1. The number of methoxy groups -OCH3 is 1. The van der Waals surface area contributed by atoms with E-state index < -0.39 is 4.92 Å². The summed E-state index contributed by atoms with van der Waals surface area (Å²) in [5.74, 6) is -0.106. The number of carbonyl (C=O) groups excluding carboxylic acids is 1. The molecule has 7 nitrogen and oxygen atoms in total. The van der Waals surface area contributed by atoms with Gasteiger partial charge in [0.05, 0.1) is 23.7 Å². The molecule has 0 spiro atoms. The van der Waals surface area contributed by atoms with E-state index in [0.29, 0.717) is 0 Å². The molecule has 0 aromatic heterocycles. The molecule has 2 N–H and O–H groups in total. The molecule has 1 amide bonds. The van der Waals surface area contributed by atoms with Crippen LogP contribution in [0.4, 0.5) is 5.69 Å². The largest absolute Gasteiger partial charge is 0.496 e. The fraction of sp³-hybridized carbons (Fsp3) is 0.500. The predicted octanol–water partition coefficient (Wildman–Crippen LogP) is 1.49. The monoisotopic (exact) mass is 294 g/mol. The van der Waals surface area contributed by atoms with Gasteiger partial charge < -0.3 is 15.2 Å². The number of ether oxygens (including phenoxy) is 1. The standard InChI is InChI=1S/C14H18N2O5/c1-21-13-7-10(16(19)20)5-6-11(13)14(18)15-12-4-2-3-9(12)8-17/h5-7,9,12,17H,2-4,8H2,1H3,(H,15,18). The average Bonchev–Trinajstić information content (AvgIpc) is 2.93. The lowest BCUT2D eigenvalue weighted by Gasteiger charge is -2.19. The molecule has 0 heterocycles. The van der Waals surface area contributed by atoms with Crippen LogP contribution in [0.3, 0.4) is 0 Å². The van der Waals surface area contributed by atoms with Crippen LogP contribution >= 0.6 is 0 Å². The number of nitrogens with one attached hydrogen (secondary N) is 1. The topological polar surface area (TPSA) is 102 Å². The van der Waals surface area contributed by atoms with E-state index in [1.807, 2.05) is 0 Å². The lowest BCUT2D eigenvalue weighted by molar-refractivity contribution is -0.384. The Kier molecular flexibility index (Phi) is 4.74. The maximum Gasteiger partial charge on any atom is 0.273 e. The first-order valence-electron chi connectivity index (χ1n) is 6.81. The predicted molar refractivity (Wildman–Crippen MR) is 75.3 cm³/mol. The van der Waals surface area contributed by atoms with Crippen molar-refractivity contribution in [3.05, 3.63) is 33.9 Å². The van der Waals surface area contributed by atoms with Gasteiger partial charge in [-0.1, -0.05) is 6.42 Å². The molecule has 0 radical (unpaired) electrons. The van der Waals surface area contributed by atoms with Crippen LogP contribution in [-0.4, -0.2) is 35.7 Å². The summed E-state index contributed by atoms with van der Waals surface area (Å²) in [7, 11) is 1.36. The van der Waals surface area contributed by atoms with Crippen LogP contribution in [-0.2, 0) is 0 Å². The molecule has 2 rings (SSSR count). The Labute approximate surface area is 122 Å². The van der Waals surface area contributed by atoms with Gasteiger partial charge in [-0.25, -0.2) is 0 Å². The molecule has 2 atom stereocenters. The van der Waals surface area contributed by atoms with E-state index in [9.17, 15) is 20.0 Å². The first kappa shape index (κ1) is 15.2. The number of hydrogen-bond acceptors (Lipinski definition) is 5. The van der Waals surface area contributed by atoms with Crippen molar-refractivity contribution in [3.8, 4) is 5.75 Å². The van der Waals surface area contributed by atoms with Gasteiger partial charge in [-0.2, -0.15) is 0 Å². The third-order valence-electron chi connectivity index (χ3n) is 3.85. The van der Waals surface area contributed by atoms with Gasteiger partial charge in [-0.15, -0.1) is 0 Å². The summed E-state index contributed by atoms with van der Waals surface area (Å²) >= 11 is 0. The number of benzene rings is 1. The maximum absolute atomic E-state index is 12.3. The highest BCUT2D eigenvalue weighted by Crippen LogP contribution is 2.28. The Morgan fingerprint density at radius 1 is 1.52 bits per heavy atom. The molecule has 1 aromatic carbocycles. The van der Waals surface area contributed by atoms with E-state index in [1.54, 1.807) is 0 Å². The fourth-order valence-electron chi connectivity index (χ4n) is 2.67. The van der Waals surface area contributed by atoms with Gasteiger partial charge in [-0.05, 0) is 18.9 Å². The van der Waals surface area contributed by atoms with Crippen molar-refractivity contribution in [2.45, 2.75) is 25.3 Å². The van der Waals surface area contributed by atoms with Crippen LogP contribution in [0, 0.1) is 16.0 Å². The van der Waals surface area contributed by atoms with E-state index in [2.05, 4.69) is 5.32 Å². The maximum atomic E-state index is 12.3. The van der Waals surface area contributed by atoms with Gasteiger partial charge in [0.15, 0.2) is 0 Å². The molecule has 0 saturated heterocycles. The van der Waals surface area contributed by atoms with Crippen molar-refractivity contribution in [2.24, 2.45) is 5.92 Å². The molecular formula is C14H18N2O5. The van der Waals surface area contributed by atoms with Gasteiger partial charge in [0, 0.05) is 24.6 Å². The van der Waals surface area contributed by atoms with Crippen molar-refractivity contribution < 1.29 is 19.6 Å². The molecule has 1 aliphatic carbocycles. The second-order valence-corrected chi connectivity index (χ2v) is 5.10. The highest BCUT2D eigenvalue weighted by Gasteiger charge is 2.29. The van der Waals surface area contributed by atoms with Gasteiger partial charge in [-0.3, -0.25) is 14.9 Å². The Balaban J connectivity index is 2.17. The molecule has 1 aliphatic rings. The molecule has 0 bridgehead atoms. The molecule has 114 valence electrons. The first-order chi connectivity index (χ1) is 10.1. The Bertz CT molecular complexity index is 546. The number of aliphatic hydroxyl groups excluding tert-OH is 1. The summed E-state index contributed by atoms with van der Waals surface area (Å²) in [4.78, 5) is 22.5. The third kappa shape index (κ3) is 3.30. The molecule has 7 heteroatoms. The number of nitro benzene ring substituents is 1. The fourth-order valence-corrected chi connectivity index (χ4v) is 2.67. The Morgan fingerprint density at radius 2 is 2.29 bits per heavy atom. The number of carbonyl (C=O) groups is 1. The smallest absolute Gasteiger partial charge is 0.273 e. The van der Waals surface area contributed by atoms with Crippen molar-refractivity contribution in [1.82, 2.24) is 5.32 Å². The first-order valence-corrected chi connectivity index (χ1v) is 6.81. The normalized spacial score (nSPS) is 21.0. The molecule has 0 aliphatic heterocycles. The number of nitrogens with zero attached hydrogens (tertiary/aromatic N) is 1. The van der Waals surface area contributed by atoms with Crippen LogP contribution in [0.5, 0.6) is 5.75 Å². The number of hydrogen-bond donors (Lipinski definition) is 2. The number of nitro groups is 1. The minimum atomic E-state index is -0.539. The minimum absolute atomic E-state index is 0.0440. The van der Waals surface area contributed by atoms with Gasteiger partial charge in [0.1, 0.15) is 5.75 Å². The molecule has 1 aromatic rings. The van der Waals surface area contributed by atoms with Crippen molar-refractivity contribution in [2.75, 3.05) is 13.7 Å². The SMILES string of the molecule is COc1cc([N+](=O)[O-])ccc1C(=O)NC1CCCC1CO. The highest BCUT2D eigenvalue weighted by molar-refractivity contribution is 5.97. The van der Waals surface area contributed by atoms with E-state index >= 15 is 0 Å². The van der Waals surface area contributed by atoms with Crippen LogP contribution in [0.25, 0.3) is 0 Å². The summed E-state index contributed by atoms with van der Waals surface area (Å²) in [5, 5.41) is 22.9. The zero-order chi connectivity index (χ0) is 15.4. The van der Waals surface area contributed by atoms with Crippen LogP contribution in [0.2, 0.25) is 0 Å². The van der Waals surface area contributed by atoms with Crippen LogP contribution in [0.15, 0.2) is 18.2 Å². The van der Waals surface area contributed by atoms with Crippen LogP contribution in [0.1, 0.15) is 29.6 Å². The van der Waals surface area contributed by atoms with E-state index in [0.717, 1.165) is 19.3 Å². The molecule has 1 saturated carbocycles. The van der Waals surface area contributed by atoms with Crippen molar-refractivity contribution in [1.29, 1.82) is 0 Å².